The predicted octanol–water partition coefficient (Wildman–Crippen LogP) is 4.87. The van der Waals surface area contributed by atoms with Gasteiger partial charge in [0.2, 0.25) is 0 Å². The van der Waals surface area contributed by atoms with Crippen LogP contribution in [0.3, 0.4) is 0 Å². The monoisotopic (exact) mass is 427 g/mol. The molecule has 0 fully saturated rings. The second-order valence-corrected chi connectivity index (χ2v) is 7.44. The van der Waals surface area contributed by atoms with Gasteiger partial charge in [0.25, 0.3) is 0 Å². The molecule has 0 spiro atoms. The Morgan fingerprint density at radius 1 is 0.931 bits per heavy atom. The van der Waals surface area contributed by atoms with Gasteiger partial charge in [0.1, 0.15) is 0 Å². The van der Waals surface area contributed by atoms with E-state index < -0.39 is 11.9 Å². The first-order valence-electron chi connectivity index (χ1n) is 8.79. The topological polar surface area (TPSA) is 72.4 Å². The Kier molecular flexibility index (Phi) is 5.28. The van der Waals surface area contributed by atoms with Crippen molar-refractivity contribution < 1.29 is 14.3 Å². The summed E-state index contributed by atoms with van der Waals surface area (Å²) in [5, 5.41) is 11.6. The Morgan fingerprint density at radius 3 is 2.17 bits per heavy atom. The zero-order valence-electron chi connectivity index (χ0n) is 15.0. The van der Waals surface area contributed by atoms with E-state index in [2.05, 4.69) is 0 Å². The van der Waals surface area contributed by atoms with Crippen molar-refractivity contribution in [2.45, 2.75) is 12.6 Å². The number of benzene rings is 3. The van der Waals surface area contributed by atoms with Gasteiger partial charge in [0, 0.05) is 21.2 Å². The standard InChI is InChI=1S/C22H15Cl2NO4/c23-16-6-1-13(2-7-16)19(26)12-25-18-10-5-15(11-20(18)29-22(25)28)21(27)14-3-8-17(24)9-4-14/h1-11,19,26H,12H2. The number of halogens is 2. The van der Waals surface area contributed by atoms with Gasteiger partial charge in [-0.1, -0.05) is 35.3 Å². The second-order valence-electron chi connectivity index (χ2n) is 6.56. The van der Waals surface area contributed by atoms with E-state index >= 15 is 0 Å². The van der Waals surface area contributed by atoms with Gasteiger partial charge in [-0.2, -0.15) is 0 Å². The van der Waals surface area contributed by atoms with Crippen LogP contribution in [-0.2, 0) is 6.54 Å². The molecule has 0 aliphatic heterocycles. The lowest BCUT2D eigenvalue weighted by atomic mass is 10.0. The number of hydrogen-bond donors (Lipinski definition) is 1. The highest BCUT2D eigenvalue weighted by Crippen LogP contribution is 2.22. The van der Waals surface area contributed by atoms with Crippen molar-refractivity contribution in [1.29, 1.82) is 0 Å². The number of carbonyl (C=O) groups is 1. The molecule has 4 rings (SSSR count). The summed E-state index contributed by atoms with van der Waals surface area (Å²) in [6.45, 7) is 0.0118. The predicted molar refractivity (Wildman–Crippen MR) is 112 cm³/mol. The highest BCUT2D eigenvalue weighted by Gasteiger charge is 2.17. The molecule has 0 radical (unpaired) electrons. The Hall–Kier alpha value is -2.86. The summed E-state index contributed by atoms with van der Waals surface area (Å²) in [6, 6.07) is 18.1. The average Bonchev–Trinajstić information content (AvgIpc) is 3.03. The number of aliphatic hydroxyl groups is 1. The minimum Gasteiger partial charge on any atom is -0.408 e. The highest BCUT2D eigenvalue weighted by molar-refractivity contribution is 6.31. The molecule has 29 heavy (non-hydrogen) atoms. The maximum absolute atomic E-state index is 12.7. The van der Waals surface area contributed by atoms with E-state index in [1.165, 1.54) is 10.6 Å². The fourth-order valence-electron chi connectivity index (χ4n) is 3.11. The minimum absolute atomic E-state index is 0.0118. The van der Waals surface area contributed by atoms with Crippen molar-refractivity contribution in [3.05, 3.63) is 104 Å². The minimum atomic E-state index is -0.916. The third kappa shape index (κ3) is 3.98. The Morgan fingerprint density at radius 2 is 1.52 bits per heavy atom. The molecule has 3 aromatic carbocycles. The first-order valence-corrected chi connectivity index (χ1v) is 9.55. The van der Waals surface area contributed by atoms with Crippen LogP contribution in [0.25, 0.3) is 11.1 Å². The molecule has 0 saturated heterocycles. The fraction of sp³-hybridized carbons (Fsp3) is 0.0909. The first-order chi connectivity index (χ1) is 13.9. The van der Waals surface area contributed by atoms with E-state index in [0.717, 1.165) is 0 Å². The molecule has 7 heteroatoms. The van der Waals surface area contributed by atoms with Crippen LogP contribution < -0.4 is 5.76 Å². The van der Waals surface area contributed by atoms with E-state index in [0.29, 0.717) is 32.3 Å². The van der Waals surface area contributed by atoms with Crippen LogP contribution in [0.2, 0.25) is 10.0 Å². The molecule has 5 nitrogen and oxygen atoms in total. The van der Waals surface area contributed by atoms with Crippen LogP contribution in [-0.4, -0.2) is 15.5 Å². The SMILES string of the molecule is O=C(c1ccc(Cl)cc1)c1ccc2c(c1)oc(=O)n2CC(O)c1ccc(Cl)cc1. The molecule has 0 aliphatic rings. The summed E-state index contributed by atoms with van der Waals surface area (Å²) in [5.41, 5.74) is 2.27. The number of hydrogen-bond acceptors (Lipinski definition) is 4. The molecule has 0 aliphatic carbocycles. The molecule has 0 amide bonds. The van der Waals surface area contributed by atoms with Crippen molar-refractivity contribution in [1.82, 2.24) is 4.57 Å². The summed E-state index contributed by atoms with van der Waals surface area (Å²) in [7, 11) is 0. The number of rotatable bonds is 5. The summed E-state index contributed by atoms with van der Waals surface area (Å²) < 4.78 is 6.64. The Balaban J connectivity index is 1.64. The van der Waals surface area contributed by atoms with Crippen molar-refractivity contribution in [2.24, 2.45) is 0 Å². The third-order valence-corrected chi connectivity index (χ3v) is 5.15. The molecule has 1 heterocycles. The lowest BCUT2D eigenvalue weighted by molar-refractivity contribution is 0.103. The van der Waals surface area contributed by atoms with Crippen LogP contribution in [0.5, 0.6) is 0 Å². The van der Waals surface area contributed by atoms with E-state index in [9.17, 15) is 14.7 Å². The number of oxazole rings is 1. The zero-order valence-corrected chi connectivity index (χ0v) is 16.5. The number of ketones is 1. The second kappa shape index (κ2) is 7.87. The number of aromatic nitrogens is 1. The maximum atomic E-state index is 12.7. The number of fused-ring (bicyclic) bond motifs is 1. The molecular formula is C22H15Cl2NO4. The van der Waals surface area contributed by atoms with Gasteiger partial charge in [0.05, 0.1) is 18.2 Å². The summed E-state index contributed by atoms with van der Waals surface area (Å²) in [5.74, 6) is -0.815. The van der Waals surface area contributed by atoms with Crippen molar-refractivity contribution >= 4 is 40.1 Å². The first kappa shape index (κ1) is 19.5. The molecular weight excluding hydrogens is 413 g/mol. The fourth-order valence-corrected chi connectivity index (χ4v) is 3.36. The Bertz CT molecular complexity index is 1240. The van der Waals surface area contributed by atoms with Crippen molar-refractivity contribution in [3.8, 4) is 0 Å². The van der Waals surface area contributed by atoms with Crippen molar-refractivity contribution in [2.75, 3.05) is 0 Å². The quantitative estimate of drug-likeness (QED) is 0.461. The van der Waals surface area contributed by atoms with Crippen LogP contribution in [0.1, 0.15) is 27.6 Å². The van der Waals surface area contributed by atoms with E-state index in [4.69, 9.17) is 27.6 Å². The zero-order chi connectivity index (χ0) is 20.5. The van der Waals surface area contributed by atoms with Gasteiger partial charge in [-0.05, 0) is 60.2 Å². The van der Waals surface area contributed by atoms with Crippen LogP contribution >= 0.6 is 23.2 Å². The van der Waals surface area contributed by atoms with Gasteiger partial charge < -0.3 is 9.52 Å². The third-order valence-electron chi connectivity index (χ3n) is 4.65. The largest absolute Gasteiger partial charge is 0.420 e. The average molecular weight is 428 g/mol. The molecule has 4 aromatic rings. The lowest BCUT2D eigenvalue weighted by Gasteiger charge is -2.11. The van der Waals surface area contributed by atoms with Gasteiger partial charge in [-0.15, -0.1) is 0 Å². The maximum Gasteiger partial charge on any atom is 0.420 e. The van der Waals surface area contributed by atoms with Gasteiger partial charge in [-0.25, -0.2) is 4.79 Å². The van der Waals surface area contributed by atoms with E-state index in [1.54, 1.807) is 60.7 Å². The normalized spacial score (nSPS) is 12.2. The molecule has 1 aromatic heterocycles. The molecule has 1 unspecified atom stereocenters. The number of aliphatic hydroxyl groups excluding tert-OH is 1. The smallest absolute Gasteiger partial charge is 0.408 e. The summed E-state index contributed by atoms with van der Waals surface area (Å²) in [4.78, 5) is 25.0. The van der Waals surface area contributed by atoms with Gasteiger partial charge in [0.15, 0.2) is 11.4 Å². The molecule has 146 valence electrons. The molecule has 1 atom stereocenters. The molecule has 1 N–H and O–H groups in total. The van der Waals surface area contributed by atoms with Gasteiger partial charge >= 0.3 is 5.76 Å². The summed E-state index contributed by atoms with van der Waals surface area (Å²) >= 11 is 11.7. The number of nitrogens with zero attached hydrogens (tertiary/aromatic N) is 1. The Labute approximate surface area is 175 Å². The molecule has 0 bridgehead atoms. The van der Waals surface area contributed by atoms with Crippen LogP contribution in [0.4, 0.5) is 0 Å². The summed E-state index contributed by atoms with van der Waals surface area (Å²) in [6.07, 6.45) is -0.916. The van der Waals surface area contributed by atoms with Crippen LogP contribution in [0, 0.1) is 0 Å². The van der Waals surface area contributed by atoms with E-state index in [-0.39, 0.29) is 17.9 Å². The highest BCUT2D eigenvalue weighted by atomic mass is 35.5. The lowest BCUT2D eigenvalue weighted by Crippen LogP contribution is -2.18. The van der Waals surface area contributed by atoms with Crippen LogP contribution in [0.15, 0.2) is 75.9 Å². The number of carbonyl (C=O) groups excluding carboxylic acids is 1. The molecule has 0 saturated carbocycles. The van der Waals surface area contributed by atoms with E-state index in [1.807, 2.05) is 0 Å². The van der Waals surface area contributed by atoms with Gasteiger partial charge in [-0.3, -0.25) is 9.36 Å². The van der Waals surface area contributed by atoms with Crippen molar-refractivity contribution in [3.63, 3.8) is 0 Å².